The summed E-state index contributed by atoms with van der Waals surface area (Å²) >= 11 is 1.38. The summed E-state index contributed by atoms with van der Waals surface area (Å²) in [5, 5.41) is 4.77. The first-order valence-corrected chi connectivity index (χ1v) is 9.09. The average Bonchev–Trinajstić information content (AvgIpc) is 3.34. The van der Waals surface area contributed by atoms with Gasteiger partial charge < -0.3 is 14.7 Å². The molecule has 1 aliphatic heterocycles. The molecule has 2 N–H and O–H groups in total. The number of hydrogen-bond donors (Lipinski definition) is 2. The SMILES string of the molecule is O=C(NCc1ccco1)C1CCCN1Cc1nc2ccsc2c(=O)[nH]1. The minimum atomic E-state index is -0.210. The Morgan fingerprint density at radius 2 is 2.40 bits per heavy atom. The lowest BCUT2D eigenvalue weighted by atomic mass is 10.2. The lowest BCUT2D eigenvalue weighted by Crippen LogP contribution is -2.43. The standard InChI is InChI=1S/C17H18N4O3S/c22-16(18-9-11-3-2-7-24-11)13-4-1-6-21(13)10-14-19-12-5-8-25-15(12)17(23)20-14/h2-3,5,7-8,13H,1,4,6,9-10H2,(H,18,22)(H,19,20,23). The largest absolute Gasteiger partial charge is 0.467 e. The van der Waals surface area contributed by atoms with E-state index >= 15 is 0 Å². The number of amides is 1. The Bertz CT molecular complexity index is 931. The summed E-state index contributed by atoms with van der Waals surface area (Å²) in [5.74, 6) is 1.31. The molecule has 1 unspecified atom stereocenters. The van der Waals surface area contributed by atoms with Gasteiger partial charge in [0.25, 0.3) is 5.56 Å². The van der Waals surface area contributed by atoms with Gasteiger partial charge in [-0.25, -0.2) is 4.98 Å². The molecule has 130 valence electrons. The molecule has 1 fully saturated rings. The number of nitrogens with zero attached hydrogens (tertiary/aromatic N) is 2. The van der Waals surface area contributed by atoms with Crippen molar-refractivity contribution in [1.29, 1.82) is 0 Å². The zero-order chi connectivity index (χ0) is 17.2. The van der Waals surface area contributed by atoms with Crippen LogP contribution in [0.2, 0.25) is 0 Å². The molecular formula is C17H18N4O3S. The number of H-pyrrole nitrogens is 1. The van der Waals surface area contributed by atoms with Crippen LogP contribution in [0.5, 0.6) is 0 Å². The molecule has 0 bridgehead atoms. The first kappa shape index (κ1) is 16.0. The number of likely N-dealkylation sites (tertiary alicyclic amines) is 1. The molecular weight excluding hydrogens is 340 g/mol. The van der Waals surface area contributed by atoms with Gasteiger partial charge in [-0.15, -0.1) is 11.3 Å². The van der Waals surface area contributed by atoms with Crippen molar-refractivity contribution in [2.75, 3.05) is 6.54 Å². The summed E-state index contributed by atoms with van der Waals surface area (Å²) < 4.78 is 5.88. The van der Waals surface area contributed by atoms with Crippen molar-refractivity contribution in [3.8, 4) is 0 Å². The molecule has 0 aromatic carbocycles. The van der Waals surface area contributed by atoms with Crippen molar-refractivity contribution in [1.82, 2.24) is 20.2 Å². The lowest BCUT2D eigenvalue weighted by Gasteiger charge is -2.22. The Hall–Kier alpha value is -2.45. The Kier molecular flexibility index (Phi) is 4.37. The van der Waals surface area contributed by atoms with Crippen LogP contribution in [-0.4, -0.2) is 33.4 Å². The van der Waals surface area contributed by atoms with Crippen LogP contribution in [0.25, 0.3) is 10.2 Å². The van der Waals surface area contributed by atoms with Crippen LogP contribution in [0.3, 0.4) is 0 Å². The van der Waals surface area contributed by atoms with Crippen LogP contribution >= 0.6 is 11.3 Å². The molecule has 7 nitrogen and oxygen atoms in total. The molecule has 1 amide bonds. The predicted molar refractivity (Wildman–Crippen MR) is 94.2 cm³/mol. The fourth-order valence-electron chi connectivity index (χ4n) is 3.21. The second kappa shape index (κ2) is 6.81. The second-order valence-electron chi connectivity index (χ2n) is 6.07. The summed E-state index contributed by atoms with van der Waals surface area (Å²) in [6.07, 6.45) is 3.34. The highest BCUT2D eigenvalue weighted by Gasteiger charge is 2.31. The van der Waals surface area contributed by atoms with Crippen LogP contribution in [0.15, 0.2) is 39.1 Å². The van der Waals surface area contributed by atoms with Crippen molar-refractivity contribution < 1.29 is 9.21 Å². The lowest BCUT2D eigenvalue weighted by molar-refractivity contribution is -0.125. The summed E-state index contributed by atoms with van der Waals surface area (Å²) in [6.45, 7) is 1.65. The van der Waals surface area contributed by atoms with Crippen molar-refractivity contribution in [2.45, 2.75) is 32.0 Å². The zero-order valence-corrected chi connectivity index (χ0v) is 14.3. The average molecular weight is 358 g/mol. The van der Waals surface area contributed by atoms with Gasteiger partial charge in [0.2, 0.25) is 5.91 Å². The number of fused-ring (bicyclic) bond motifs is 1. The van der Waals surface area contributed by atoms with Gasteiger partial charge in [0.05, 0.1) is 30.9 Å². The maximum atomic E-state index is 12.5. The Morgan fingerprint density at radius 1 is 1.48 bits per heavy atom. The first-order chi connectivity index (χ1) is 12.2. The Balaban J connectivity index is 1.45. The van der Waals surface area contributed by atoms with E-state index in [0.29, 0.717) is 29.1 Å². The normalized spacial score (nSPS) is 18.0. The molecule has 0 aliphatic carbocycles. The first-order valence-electron chi connectivity index (χ1n) is 8.21. The summed E-state index contributed by atoms with van der Waals surface area (Å²) in [5.41, 5.74) is 0.592. The van der Waals surface area contributed by atoms with Gasteiger partial charge in [0.15, 0.2) is 0 Å². The van der Waals surface area contributed by atoms with Crippen molar-refractivity contribution in [3.63, 3.8) is 0 Å². The number of aromatic nitrogens is 2. The van der Waals surface area contributed by atoms with E-state index in [1.54, 1.807) is 12.3 Å². The van der Waals surface area contributed by atoms with E-state index in [1.165, 1.54) is 11.3 Å². The molecule has 25 heavy (non-hydrogen) atoms. The topological polar surface area (TPSA) is 91.2 Å². The van der Waals surface area contributed by atoms with E-state index in [4.69, 9.17) is 4.42 Å². The fraction of sp³-hybridized carbons (Fsp3) is 0.353. The van der Waals surface area contributed by atoms with E-state index in [2.05, 4.69) is 20.2 Å². The van der Waals surface area contributed by atoms with E-state index in [-0.39, 0.29) is 17.5 Å². The van der Waals surface area contributed by atoms with Crippen LogP contribution in [0.4, 0.5) is 0 Å². The maximum Gasteiger partial charge on any atom is 0.268 e. The van der Waals surface area contributed by atoms with Crippen molar-refractivity contribution >= 4 is 27.5 Å². The number of carbonyl (C=O) groups is 1. The van der Waals surface area contributed by atoms with E-state index in [0.717, 1.165) is 25.1 Å². The number of nitrogens with one attached hydrogen (secondary N) is 2. The smallest absolute Gasteiger partial charge is 0.268 e. The number of furan rings is 1. The molecule has 0 spiro atoms. The van der Waals surface area contributed by atoms with E-state index < -0.39 is 0 Å². The molecule has 1 saturated heterocycles. The fourth-order valence-corrected chi connectivity index (χ4v) is 3.93. The molecule has 3 aromatic rings. The highest BCUT2D eigenvalue weighted by atomic mass is 32.1. The monoisotopic (exact) mass is 358 g/mol. The van der Waals surface area contributed by atoms with Gasteiger partial charge in [-0.3, -0.25) is 14.5 Å². The minimum Gasteiger partial charge on any atom is -0.467 e. The summed E-state index contributed by atoms with van der Waals surface area (Å²) in [7, 11) is 0. The van der Waals surface area contributed by atoms with Crippen LogP contribution in [0.1, 0.15) is 24.4 Å². The predicted octanol–water partition coefficient (Wildman–Crippen LogP) is 1.86. The third kappa shape index (κ3) is 3.35. The molecule has 0 radical (unpaired) electrons. The third-order valence-electron chi connectivity index (χ3n) is 4.40. The maximum absolute atomic E-state index is 12.5. The van der Waals surface area contributed by atoms with E-state index in [1.807, 2.05) is 17.5 Å². The number of hydrogen-bond acceptors (Lipinski definition) is 6. The Labute approximate surface area is 147 Å². The summed E-state index contributed by atoms with van der Waals surface area (Å²) in [4.78, 5) is 34.0. The van der Waals surface area contributed by atoms with Gasteiger partial charge >= 0.3 is 0 Å². The van der Waals surface area contributed by atoms with Crippen molar-refractivity contribution in [2.24, 2.45) is 0 Å². The molecule has 4 rings (SSSR count). The van der Waals surface area contributed by atoms with Gasteiger partial charge in [0, 0.05) is 0 Å². The summed E-state index contributed by atoms with van der Waals surface area (Å²) in [6, 6.07) is 5.26. The molecule has 0 saturated carbocycles. The second-order valence-corrected chi connectivity index (χ2v) is 6.99. The van der Waals surface area contributed by atoms with Crippen LogP contribution < -0.4 is 10.9 Å². The highest BCUT2D eigenvalue weighted by Crippen LogP contribution is 2.20. The molecule has 3 aromatic heterocycles. The Morgan fingerprint density at radius 3 is 3.24 bits per heavy atom. The van der Waals surface area contributed by atoms with Gasteiger partial charge in [-0.2, -0.15) is 0 Å². The van der Waals surface area contributed by atoms with Crippen LogP contribution in [0, 0.1) is 0 Å². The zero-order valence-electron chi connectivity index (χ0n) is 13.5. The molecule has 1 aliphatic rings. The van der Waals surface area contributed by atoms with Crippen LogP contribution in [-0.2, 0) is 17.9 Å². The third-order valence-corrected chi connectivity index (χ3v) is 5.30. The number of thiophene rings is 1. The van der Waals surface area contributed by atoms with Gasteiger partial charge in [-0.1, -0.05) is 0 Å². The highest BCUT2D eigenvalue weighted by molar-refractivity contribution is 7.17. The quantitative estimate of drug-likeness (QED) is 0.726. The van der Waals surface area contributed by atoms with Crippen molar-refractivity contribution in [3.05, 3.63) is 51.8 Å². The molecule has 4 heterocycles. The molecule has 1 atom stereocenters. The number of aromatic amines is 1. The number of carbonyl (C=O) groups excluding carboxylic acids is 1. The molecule has 8 heteroatoms. The minimum absolute atomic E-state index is 0.0205. The van der Waals surface area contributed by atoms with Gasteiger partial charge in [0.1, 0.15) is 16.3 Å². The van der Waals surface area contributed by atoms with Gasteiger partial charge in [-0.05, 0) is 43.0 Å². The number of rotatable bonds is 5. The van der Waals surface area contributed by atoms with E-state index in [9.17, 15) is 9.59 Å².